The van der Waals surface area contributed by atoms with Crippen LogP contribution >= 0.6 is 0 Å². The second-order valence-corrected chi connectivity index (χ2v) is 9.29. The van der Waals surface area contributed by atoms with Crippen molar-refractivity contribution < 1.29 is 17.6 Å². The molecule has 1 heterocycles. The van der Waals surface area contributed by atoms with E-state index in [-0.39, 0.29) is 17.8 Å². The minimum atomic E-state index is -3.22. The van der Waals surface area contributed by atoms with Crippen LogP contribution < -0.4 is 0 Å². The fourth-order valence-electron chi connectivity index (χ4n) is 3.95. The predicted molar refractivity (Wildman–Crippen MR) is 94.1 cm³/mol. The van der Waals surface area contributed by atoms with E-state index in [1.807, 2.05) is 11.0 Å². The first-order chi connectivity index (χ1) is 11.7. The molecule has 2 aliphatic rings. The fraction of sp³-hybridized carbons (Fsp3) is 0.611. The maximum atomic E-state index is 13.6. The molecule has 0 bridgehead atoms. The number of amides is 1. The van der Waals surface area contributed by atoms with Gasteiger partial charge in [0.2, 0.25) is 15.9 Å². The van der Waals surface area contributed by atoms with E-state index in [1.165, 1.54) is 22.7 Å². The predicted octanol–water partition coefficient (Wildman–Crippen LogP) is 2.13. The Morgan fingerprint density at radius 1 is 1.28 bits per heavy atom. The normalized spacial score (nSPS) is 21.2. The van der Waals surface area contributed by atoms with Gasteiger partial charge in [-0.3, -0.25) is 4.79 Å². The zero-order valence-corrected chi connectivity index (χ0v) is 15.6. The van der Waals surface area contributed by atoms with Gasteiger partial charge in [0.05, 0.1) is 11.7 Å². The van der Waals surface area contributed by atoms with E-state index in [1.54, 1.807) is 13.1 Å². The number of sulfonamides is 1. The van der Waals surface area contributed by atoms with Crippen LogP contribution in [0.25, 0.3) is 0 Å². The van der Waals surface area contributed by atoms with Gasteiger partial charge >= 0.3 is 0 Å². The van der Waals surface area contributed by atoms with Crippen LogP contribution in [0, 0.1) is 5.82 Å². The summed E-state index contributed by atoms with van der Waals surface area (Å²) in [5, 5.41) is 0. The molecule has 0 radical (unpaired) electrons. The SMILES string of the molecule is CN(C1CCN(C(=O)C2(c3cccc(F)c3)CCC2)CC1)S(C)(=O)=O. The molecule has 0 spiro atoms. The minimum absolute atomic E-state index is 0.0600. The van der Waals surface area contributed by atoms with Crippen LogP contribution in [0.15, 0.2) is 24.3 Å². The zero-order valence-electron chi connectivity index (χ0n) is 14.7. The Morgan fingerprint density at radius 2 is 1.92 bits per heavy atom. The van der Waals surface area contributed by atoms with Gasteiger partial charge in [-0.1, -0.05) is 18.6 Å². The molecular formula is C18H25FN2O3S. The number of carbonyl (C=O) groups excluding carboxylic acids is 1. The molecule has 1 aliphatic carbocycles. The Labute approximate surface area is 148 Å². The molecule has 7 heteroatoms. The summed E-state index contributed by atoms with van der Waals surface area (Å²) in [6.07, 6.45) is 4.94. The molecule has 2 fully saturated rings. The lowest BCUT2D eigenvalue weighted by Crippen LogP contribution is -2.55. The second kappa shape index (κ2) is 6.68. The molecule has 0 N–H and O–H groups in total. The van der Waals surface area contributed by atoms with Crippen LogP contribution in [-0.2, 0) is 20.2 Å². The zero-order chi connectivity index (χ0) is 18.2. The van der Waals surface area contributed by atoms with Gasteiger partial charge in [0.1, 0.15) is 5.82 Å². The molecule has 0 unspecified atom stereocenters. The third kappa shape index (κ3) is 3.44. The Bertz CT molecular complexity index is 753. The lowest BCUT2D eigenvalue weighted by Gasteiger charge is -2.46. The first-order valence-corrected chi connectivity index (χ1v) is 10.6. The number of rotatable bonds is 4. The van der Waals surface area contributed by atoms with Crippen LogP contribution in [-0.4, -0.2) is 56.0 Å². The van der Waals surface area contributed by atoms with Crippen LogP contribution in [0.2, 0.25) is 0 Å². The summed E-state index contributed by atoms with van der Waals surface area (Å²) in [6, 6.07) is 6.30. The van der Waals surface area contributed by atoms with Gasteiger partial charge in [0.25, 0.3) is 0 Å². The van der Waals surface area contributed by atoms with Gasteiger partial charge in [-0.05, 0) is 43.4 Å². The highest BCUT2D eigenvalue weighted by Gasteiger charge is 2.48. The molecule has 138 valence electrons. The second-order valence-electron chi connectivity index (χ2n) is 7.25. The van der Waals surface area contributed by atoms with Crippen molar-refractivity contribution in [2.75, 3.05) is 26.4 Å². The van der Waals surface area contributed by atoms with Gasteiger partial charge < -0.3 is 4.90 Å². The molecule has 3 rings (SSSR count). The molecule has 0 aromatic heterocycles. The Kier molecular flexibility index (Phi) is 4.90. The van der Waals surface area contributed by atoms with Crippen molar-refractivity contribution in [3.05, 3.63) is 35.6 Å². The van der Waals surface area contributed by atoms with Crippen LogP contribution in [0.3, 0.4) is 0 Å². The van der Waals surface area contributed by atoms with E-state index in [0.29, 0.717) is 25.9 Å². The summed E-state index contributed by atoms with van der Waals surface area (Å²) >= 11 is 0. The number of benzene rings is 1. The molecular weight excluding hydrogens is 343 g/mol. The Morgan fingerprint density at radius 3 is 2.40 bits per heavy atom. The van der Waals surface area contributed by atoms with E-state index in [2.05, 4.69) is 0 Å². The minimum Gasteiger partial charge on any atom is -0.342 e. The van der Waals surface area contributed by atoms with Gasteiger partial charge in [0.15, 0.2) is 0 Å². The van der Waals surface area contributed by atoms with Crippen molar-refractivity contribution in [3.63, 3.8) is 0 Å². The number of likely N-dealkylation sites (tertiary alicyclic amines) is 1. The Hall–Kier alpha value is -1.47. The highest BCUT2D eigenvalue weighted by Crippen LogP contribution is 2.45. The first-order valence-electron chi connectivity index (χ1n) is 8.72. The number of halogens is 1. The number of hydrogen-bond acceptors (Lipinski definition) is 3. The summed E-state index contributed by atoms with van der Waals surface area (Å²) in [7, 11) is -1.63. The van der Waals surface area contributed by atoms with E-state index >= 15 is 0 Å². The van der Waals surface area contributed by atoms with Crippen molar-refractivity contribution in [2.24, 2.45) is 0 Å². The topological polar surface area (TPSA) is 57.7 Å². The molecule has 1 saturated heterocycles. The van der Waals surface area contributed by atoms with Crippen LogP contribution in [0.5, 0.6) is 0 Å². The lowest BCUT2D eigenvalue weighted by atomic mass is 9.63. The molecule has 1 saturated carbocycles. The molecule has 1 amide bonds. The Balaban J connectivity index is 1.72. The smallest absolute Gasteiger partial charge is 0.233 e. The maximum absolute atomic E-state index is 13.6. The van der Waals surface area contributed by atoms with Gasteiger partial charge in [-0.15, -0.1) is 0 Å². The largest absolute Gasteiger partial charge is 0.342 e. The summed E-state index contributed by atoms with van der Waals surface area (Å²) in [5.74, 6) is -0.255. The van der Waals surface area contributed by atoms with E-state index < -0.39 is 15.4 Å². The number of nitrogens with zero attached hydrogens (tertiary/aromatic N) is 2. The van der Waals surface area contributed by atoms with Gasteiger partial charge in [-0.25, -0.2) is 17.1 Å². The van der Waals surface area contributed by atoms with Gasteiger partial charge in [0, 0.05) is 26.2 Å². The average molecular weight is 368 g/mol. The summed E-state index contributed by atoms with van der Waals surface area (Å²) in [5.41, 5.74) is 0.164. The highest BCUT2D eigenvalue weighted by atomic mass is 32.2. The molecule has 1 aromatic rings. The van der Waals surface area contributed by atoms with Crippen molar-refractivity contribution in [3.8, 4) is 0 Å². The number of hydrogen-bond donors (Lipinski definition) is 0. The van der Waals surface area contributed by atoms with Crippen LogP contribution in [0.4, 0.5) is 4.39 Å². The molecule has 25 heavy (non-hydrogen) atoms. The summed E-state index contributed by atoms with van der Waals surface area (Å²) in [4.78, 5) is 15.0. The summed E-state index contributed by atoms with van der Waals surface area (Å²) in [6.45, 7) is 1.08. The van der Waals surface area contributed by atoms with Crippen molar-refractivity contribution in [2.45, 2.75) is 43.6 Å². The van der Waals surface area contributed by atoms with Crippen molar-refractivity contribution in [1.29, 1.82) is 0 Å². The van der Waals surface area contributed by atoms with Crippen molar-refractivity contribution >= 4 is 15.9 Å². The maximum Gasteiger partial charge on any atom is 0.233 e. The van der Waals surface area contributed by atoms with E-state index in [9.17, 15) is 17.6 Å². The quantitative estimate of drug-likeness (QED) is 0.818. The van der Waals surface area contributed by atoms with Crippen LogP contribution in [0.1, 0.15) is 37.7 Å². The van der Waals surface area contributed by atoms with E-state index in [4.69, 9.17) is 0 Å². The molecule has 1 aromatic carbocycles. The number of piperidine rings is 1. The first kappa shape index (κ1) is 18.3. The highest BCUT2D eigenvalue weighted by molar-refractivity contribution is 7.88. The third-order valence-corrected chi connectivity index (χ3v) is 7.13. The number of carbonyl (C=O) groups is 1. The third-order valence-electron chi connectivity index (χ3n) is 5.78. The molecule has 5 nitrogen and oxygen atoms in total. The monoisotopic (exact) mass is 368 g/mol. The molecule has 1 aliphatic heterocycles. The molecule has 0 atom stereocenters. The lowest BCUT2D eigenvalue weighted by molar-refractivity contribution is -0.142. The average Bonchev–Trinajstić information content (AvgIpc) is 2.52. The van der Waals surface area contributed by atoms with E-state index in [0.717, 1.165) is 24.8 Å². The van der Waals surface area contributed by atoms with Crippen molar-refractivity contribution in [1.82, 2.24) is 9.21 Å². The summed E-state index contributed by atoms with van der Waals surface area (Å²) < 4.78 is 38.4. The standard InChI is InChI=1S/C18H25FN2O3S/c1-20(25(2,23)24)16-7-11-21(12-8-16)17(22)18(9-4-10-18)14-5-3-6-15(19)13-14/h3,5-6,13,16H,4,7-12H2,1-2H3. The fourth-order valence-corrected chi connectivity index (χ4v) is 4.70. The van der Waals surface area contributed by atoms with Gasteiger partial charge in [-0.2, -0.15) is 0 Å².